The summed E-state index contributed by atoms with van der Waals surface area (Å²) in [6.07, 6.45) is 11.2. The van der Waals surface area contributed by atoms with Crippen molar-refractivity contribution in [3.8, 4) is 23.0 Å². The third kappa shape index (κ3) is 3.47. The maximum Gasteiger partial charge on any atom is 0.157 e. The normalized spacial score (nSPS) is 11.5. The van der Waals surface area contributed by atoms with Crippen LogP contribution in [0.3, 0.4) is 0 Å². The van der Waals surface area contributed by atoms with Gasteiger partial charge in [-0.2, -0.15) is 0 Å². The Hall–Kier alpha value is -3.47. The number of allylic oxidation sites excluding steroid dienone is 3. The Morgan fingerprint density at radius 2 is 1.62 bits per heavy atom. The molecule has 0 aliphatic rings. The third-order valence-corrected chi connectivity index (χ3v) is 3.83. The highest BCUT2D eigenvalue weighted by molar-refractivity contribution is 5.66. The molecule has 0 amide bonds. The van der Waals surface area contributed by atoms with Crippen molar-refractivity contribution in [1.82, 2.24) is 24.9 Å². The first-order valence-electron chi connectivity index (χ1n) is 8.35. The molecular weight excluding hydrogens is 322 g/mol. The molecule has 0 bridgehead atoms. The second-order valence-corrected chi connectivity index (χ2v) is 5.69. The van der Waals surface area contributed by atoms with E-state index in [0.717, 1.165) is 40.0 Å². The molecule has 3 rings (SSSR count). The molecule has 130 valence electrons. The number of aromatic nitrogens is 5. The summed E-state index contributed by atoms with van der Waals surface area (Å²) in [6, 6.07) is 5.79. The first kappa shape index (κ1) is 17.4. The van der Waals surface area contributed by atoms with E-state index < -0.39 is 0 Å². The first-order valence-corrected chi connectivity index (χ1v) is 8.35. The molecule has 26 heavy (non-hydrogen) atoms. The number of H-pyrrole nitrogens is 2. The summed E-state index contributed by atoms with van der Waals surface area (Å²) in [5.41, 5.74) is 5.07. The van der Waals surface area contributed by atoms with Gasteiger partial charge in [-0.3, -0.25) is 0 Å². The minimum atomic E-state index is 0.699. The first-order chi connectivity index (χ1) is 12.7. The Morgan fingerprint density at radius 3 is 2.27 bits per heavy atom. The Kier molecular flexibility index (Phi) is 5.08. The molecule has 0 aliphatic carbocycles. The lowest BCUT2D eigenvalue weighted by Gasteiger charge is -2.00. The van der Waals surface area contributed by atoms with E-state index in [1.54, 1.807) is 12.2 Å². The van der Waals surface area contributed by atoms with Crippen LogP contribution in [0, 0.1) is 6.92 Å². The maximum absolute atomic E-state index is 4.71. The molecule has 0 radical (unpaired) electrons. The third-order valence-electron chi connectivity index (χ3n) is 3.83. The average Bonchev–Trinajstić information content (AvgIpc) is 3.24. The summed E-state index contributed by atoms with van der Waals surface area (Å²) >= 11 is 0. The van der Waals surface area contributed by atoms with Crippen molar-refractivity contribution >= 4 is 18.2 Å². The van der Waals surface area contributed by atoms with Crippen molar-refractivity contribution in [2.75, 3.05) is 0 Å². The Labute approximate surface area is 153 Å². The fourth-order valence-electron chi connectivity index (χ4n) is 2.59. The zero-order valence-electron chi connectivity index (χ0n) is 15.0. The quantitative estimate of drug-likeness (QED) is 0.616. The molecule has 0 spiro atoms. The van der Waals surface area contributed by atoms with Crippen molar-refractivity contribution in [1.29, 1.82) is 0 Å². The minimum absolute atomic E-state index is 0.699. The van der Waals surface area contributed by atoms with Gasteiger partial charge in [0.05, 0.1) is 17.1 Å². The van der Waals surface area contributed by atoms with Gasteiger partial charge in [0.25, 0.3) is 0 Å². The van der Waals surface area contributed by atoms with Crippen molar-refractivity contribution in [2.24, 2.45) is 0 Å². The summed E-state index contributed by atoms with van der Waals surface area (Å²) in [5, 5.41) is 0. The van der Waals surface area contributed by atoms with E-state index in [2.05, 4.69) is 33.1 Å². The van der Waals surface area contributed by atoms with Crippen LogP contribution in [0.15, 0.2) is 49.6 Å². The summed E-state index contributed by atoms with van der Waals surface area (Å²) in [5.74, 6) is 1.42. The van der Waals surface area contributed by atoms with E-state index >= 15 is 0 Å². The van der Waals surface area contributed by atoms with Crippen molar-refractivity contribution in [3.63, 3.8) is 0 Å². The lowest BCUT2D eigenvalue weighted by atomic mass is 10.3. The second-order valence-electron chi connectivity index (χ2n) is 5.69. The zero-order chi connectivity index (χ0) is 18.5. The molecule has 0 aliphatic heterocycles. The second kappa shape index (κ2) is 7.61. The molecule has 0 saturated carbocycles. The summed E-state index contributed by atoms with van der Waals surface area (Å²) in [7, 11) is 0. The molecule has 2 N–H and O–H groups in total. The largest absolute Gasteiger partial charge is 0.340 e. The highest BCUT2D eigenvalue weighted by Crippen LogP contribution is 2.22. The molecule has 0 atom stereocenters. The number of pyridine rings is 1. The number of aromatic amines is 2. The van der Waals surface area contributed by atoms with Gasteiger partial charge < -0.3 is 9.97 Å². The number of aryl methyl sites for hydroxylation is 1. The highest BCUT2D eigenvalue weighted by Gasteiger charge is 2.12. The van der Waals surface area contributed by atoms with E-state index in [0.29, 0.717) is 5.82 Å². The molecule has 3 aromatic heterocycles. The molecule has 3 heterocycles. The number of hydrogen-bond acceptors (Lipinski definition) is 3. The van der Waals surface area contributed by atoms with Gasteiger partial charge in [-0.1, -0.05) is 37.5 Å². The van der Waals surface area contributed by atoms with E-state index in [1.807, 2.05) is 56.4 Å². The Bertz CT molecular complexity index is 1000. The van der Waals surface area contributed by atoms with Crippen LogP contribution in [0.5, 0.6) is 0 Å². The van der Waals surface area contributed by atoms with Crippen LogP contribution in [0.4, 0.5) is 0 Å². The van der Waals surface area contributed by atoms with Crippen LogP contribution in [0.25, 0.3) is 41.3 Å². The van der Waals surface area contributed by atoms with Gasteiger partial charge in [0, 0.05) is 5.69 Å². The Morgan fingerprint density at radius 1 is 0.923 bits per heavy atom. The number of nitrogens with one attached hydrogen (secondary N) is 2. The average molecular weight is 343 g/mol. The standard InChI is InChI=1S/C21H21N5/c1-5-8-11-16-14(4)22-20(25-16)18-12-9-13-19(23-18)21-24-15(7-3)17(26-21)10-6-2/h5-13H,1,3H2,2,4H3,(H,22,25)(H,24,26)/b10-6-,11-8-. The number of hydrogen-bond donors (Lipinski definition) is 2. The van der Waals surface area contributed by atoms with Crippen LogP contribution in [0.2, 0.25) is 0 Å². The molecule has 3 aromatic rings. The summed E-state index contributed by atoms with van der Waals surface area (Å²) in [6.45, 7) is 11.4. The highest BCUT2D eigenvalue weighted by atomic mass is 15.0. The fourth-order valence-corrected chi connectivity index (χ4v) is 2.59. The molecule has 0 fully saturated rings. The topological polar surface area (TPSA) is 70.2 Å². The van der Waals surface area contributed by atoms with Crippen LogP contribution < -0.4 is 0 Å². The predicted octanol–water partition coefficient (Wildman–Crippen LogP) is 5.05. The van der Waals surface area contributed by atoms with Gasteiger partial charge in [0.2, 0.25) is 0 Å². The lowest BCUT2D eigenvalue weighted by Crippen LogP contribution is -1.91. The van der Waals surface area contributed by atoms with Gasteiger partial charge in [0.15, 0.2) is 11.6 Å². The fraction of sp³-hybridized carbons (Fsp3) is 0.0952. The van der Waals surface area contributed by atoms with Crippen LogP contribution in [-0.2, 0) is 0 Å². The lowest BCUT2D eigenvalue weighted by molar-refractivity contribution is 1.18. The number of imidazole rings is 2. The number of rotatable bonds is 6. The van der Waals surface area contributed by atoms with Crippen LogP contribution >= 0.6 is 0 Å². The predicted molar refractivity (Wildman–Crippen MR) is 108 cm³/mol. The summed E-state index contributed by atoms with van der Waals surface area (Å²) in [4.78, 5) is 20.5. The van der Waals surface area contributed by atoms with Gasteiger partial charge >= 0.3 is 0 Å². The van der Waals surface area contributed by atoms with Crippen LogP contribution in [-0.4, -0.2) is 24.9 Å². The van der Waals surface area contributed by atoms with E-state index in [9.17, 15) is 0 Å². The molecule has 5 nitrogen and oxygen atoms in total. The van der Waals surface area contributed by atoms with Gasteiger partial charge in [0.1, 0.15) is 11.4 Å². The van der Waals surface area contributed by atoms with E-state index in [-0.39, 0.29) is 0 Å². The molecule has 0 saturated heterocycles. The zero-order valence-corrected chi connectivity index (χ0v) is 15.0. The van der Waals surface area contributed by atoms with Crippen LogP contribution in [0.1, 0.15) is 29.7 Å². The van der Waals surface area contributed by atoms with E-state index in [1.165, 1.54) is 0 Å². The van der Waals surface area contributed by atoms with E-state index in [4.69, 9.17) is 4.98 Å². The Balaban J connectivity index is 2.00. The summed E-state index contributed by atoms with van der Waals surface area (Å²) < 4.78 is 0. The smallest absolute Gasteiger partial charge is 0.157 e. The van der Waals surface area contributed by atoms with Gasteiger partial charge in [-0.15, -0.1) is 0 Å². The number of nitrogens with zero attached hydrogens (tertiary/aromatic N) is 3. The minimum Gasteiger partial charge on any atom is -0.340 e. The molecule has 0 aromatic carbocycles. The monoisotopic (exact) mass is 343 g/mol. The molecule has 5 heteroatoms. The van der Waals surface area contributed by atoms with Crippen molar-refractivity contribution in [3.05, 3.63) is 72.4 Å². The SMILES string of the molecule is C=C/C=C\c1nc(-c2cccc(-c3nc(C=C)c(/C=C\C)[nH]3)n2)[nH]c1C. The van der Waals surface area contributed by atoms with Gasteiger partial charge in [-0.25, -0.2) is 15.0 Å². The van der Waals surface area contributed by atoms with Crippen molar-refractivity contribution in [2.45, 2.75) is 13.8 Å². The maximum atomic E-state index is 4.71. The molecular formula is C21H21N5. The molecule has 0 unspecified atom stereocenters. The van der Waals surface area contributed by atoms with Crippen molar-refractivity contribution < 1.29 is 0 Å². The van der Waals surface area contributed by atoms with Gasteiger partial charge in [-0.05, 0) is 44.2 Å².